The van der Waals surface area contributed by atoms with Crippen LogP contribution in [0.4, 0.5) is 0 Å². The summed E-state index contributed by atoms with van der Waals surface area (Å²) in [4.78, 5) is 0. The van der Waals surface area contributed by atoms with E-state index in [0.717, 1.165) is 6.42 Å². The van der Waals surface area contributed by atoms with Crippen molar-refractivity contribution in [2.45, 2.75) is 6.42 Å². The van der Waals surface area contributed by atoms with E-state index in [1.807, 2.05) is 0 Å². The van der Waals surface area contributed by atoms with Gasteiger partial charge >= 0.3 is 26.2 Å². The molecule has 134 valence electrons. The van der Waals surface area contributed by atoms with Crippen molar-refractivity contribution in [1.82, 2.24) is 0 Å². The maximum atomic E-state index is 2.20. The largest absolute Gasteiger partial charge is 2.00 e. The molecule has 0 unspecified atom stereocenters. The molecule has 0 nitrogen and oxygen atoms in total. The van der Waals surface area contributed by atoms with E-state index < -0.39 is 0 Å². The molecule has 28 heavy (non-hydrogen) atoms. The van der Waals surface area contributed by atoms with Crippen molar-refractivity contribution in [3.05, 3.63) is 126 Å². The average molecular weight is 438 g/mol. The Balaban J connectivity index is 0.000000118. The van der Waals surface area contributed by atoms with Gasteiger partial charge in [0.2, 0.25) is 0 Å². The molecular formula is C27H22Zr. The van der Waals surface area contributed by atoms with Crippen molar-refractivity contribution in [3.8, 4) is 0 Å². The normalized spacial score (nSPS) is 11.0. The number of allylic oxidation sites excluding steroid dienone is 1. The molecule has 0 aliphatic heterocycles. The van der Waals surface area contributed by atoms with Gasteiger partial charge in [-0.05, 0) is 17.5 Å². The molecule has 0 atom stereocenters. The summed E-state index contributed by atoms with van der Waals surface area (Å²) in [5.74, 6) is 0. The molecular weight excluding hydrogens is 416 g/mol. The summed E-state index contributed by atoms with van der Waals surface area (Å²) < 4.78 is 0. The van der Waals surface area contributed by atoms with Crippen LogP contribution in [0.15, 0.2) is 115 Å². The molecule has 5 aromatic rings. The first-order valence-electron chi connectivity index (χ1n) is 9.35. The van der Waals surface area contributed by atoms with E-state index in [1.54, 1.807) is 0 Å². The van der Waals surface area contributed by atoms with Crippen molar-refractivity contribution in [3.63, 3.8) is 0 Å². The van der Waals surface area contributed by atoms with Crippen LogP contribution in [0.1, 0.15) is 11.1 Å². The predicted molar refractivity (Wildman–Crippen MR) is 118 cm³/mol. The number of rotatable bonds is 0. The smallest absolute Gasteiger partial charge is 0.168 e. The Labute approximate surface area is 186 Å². The van der Waals surface area contributed by atoms with Crippen molar-refractivity contribution in [2.75, 3.05) is 0 Å². The molecule has 0 amide bonds. The summed E-state index contributed by atoms with van der Waals surface area (Å²) in [6.07, 6.45) is 5.50. The summed E-state index contributed by atoms with van der Waals surface area (Å²) >= 11 is 0. The van der Waals surface area contributed by atoms with Gasteiger partial charge in [-0.1, -0.05) is 48.6 Å². The van der Waals surface area contributed by atoms with Crippen LogP contribution < -0.4 is 0 Å². The van der Waals surface area contributed by atoms with Gasteiger partial charge in [0, 0.05) is 0 Å². The maximum absolute atomic E-state index is 2.20. The Kier molecular flexibility index (Phi) is 7.34. The van der Waals surface area contributed by atoms with Crippen LogP contribution in [0.2, 0.25) is 0 Å². The first-order valence-corrected chi connectivity index (χ1v) is 9.35. The predicted octanol–water partition coefficient (Wildman–Crippen LogP) is 7.37. The molecule has 0 bridgehead atoms. The zero-order chi connectivity index (χ0) is 18.3. The summed E-state index contributed by atoms with van der Waals surface area (Å²) in [6, 6.07) is 37.8. The third-order valence-electron chi connectivity index (χ3n) is 4.79. The fraction of sp³-hybridized carbons (Fsp3) is 0.0370. The van der Waals surface area contributed by atoms with E-state index in [-0.39, 0.29) is 26.2 Å². The van der Waals surface area contributed by atoms with E-state index in [4.69, 9.17) is 0 Å². The summed E-state index contributed by atoms with van der Waals surface area (Å²) in [5.41, 5.74) is 2.84. The first-order chi connectivity index (χ1) is 13.4. The SMILES string of the molecule is C1=Cc2ccccc2C1.[Zr+2].c1ccc2[cH-]ccc2c1.c1ccc2[cH-]ccc2c1. The molecule has 5 aromatic carbocycles. The second-order valence-electron chi connectivity index (χ2n) is 6.61. The van der Waals surface area contributed by atoms with Crippen molar-refractivity contribution < 1.29 is 26.2 Å². The van der Waals surface area contributed by atoms with Gasteiger partial charge in [0.25, 0.3) is 0 Å². The molecule has 0 heterocycles. The van der Waals surface area contributed by atoms with Gasteiger partial charge in [0.1, 0.15) is 0 Å². The average Bonchev–Trinajstić information content (AvgIpc) is 3.48. The summed E-state index contributed by atoms with van der Waals surface area (Å²) in [7, 11) is 0. The third kappa shape index (κ3) is 5.06. The topological polar surface area (TPSA) is 0 Å². The minimum Gasteiger partial charge on any atom is -0.168 e. The standard InChI is InChI=1S/C9H8.2C9H7.Zr/c3*1-2-5-9-7-3-6-8(9)4-1;/h1-6H,7H2;2*1-7H;/q;2*-1;+2. The molecule has 1 aliphatic carbocycles. The van der Waals surface area contributed by atoms with Crippen molar-refractivity contribution in [2.24, 2.45) is 0 Å². The van der Waals surface area contributed by atoms with Gasteiger partial charge < -0.3 is 0 Å². The van der Waals surface area contributed by atoms with Gasteiger partial charge in [0.15, 0.2) is 0 Å². The fourth-order valence-electron chi connectivity index (χ4n) is 3.34. The van der Waals surface area contributed by atoms with Gasteiger partial charge in [0.05, 0.1) is 0 Å². The molecule has 0 aromatic heterocycles. The molecule has 1 heteroatoms. The second-order valence-corrected chi connectivity index (χ2v) is 6.61. The minimum atomic E-state index is 0. The molecule has 6 rings (SSSR count). The monoisotopic (exact) mass is 436 g/mol. The fourth-order valence-corrected chi connectivity index (χ4v) is 3.34. The van der Waals surface area contributed by atoms with Crippen molar-refractivity contribution in [1.29, 1.82) is 0 Å². The minimum absolute atomic E-state index is 0. The Morgan fingerprint density at radius 2 is 1.11 bits per heavy atom. The Morgan fingerprint density at radius 3 is 1.68 bits per heavy atom. The molecule has 0 radical (unpaired) electrons. The Hall–Kier alpha value is -2.50. The van der Waals surface area contributed by atoms with Crippen molar-refractivity contribution >= 4 is 27.6 Å². The van der Waals surface area contributed by atoms with Crippen LogP contribution in [-0.4, -0.2) is 0 Å². The molecule has 0 spiro atoms. The van der Waals surface area contributed by atoms with Crippen LogP contribution in [0.3, 0.4) is 0 Å². The van der Waals surface area contributed by atoms with E-state index in [9.17, 15) is 0 Å². The second kappa shape index (κ2) is 10.2. The van der Waals surface area contributed by atoms with Gasteiger partial charge in [-0.25, -0.2) is 0 Å². The van der Waals surface area contributed by atoms with Gasteiger partial charge in [-0.3, -0.25) is 0 Å². The maximum Gasteiger partial charge on any atom is 2.00 e. The zero-order valence-corrected chi connectivity index (χ0v) is 18.2. The molecule has 0 saturated carbocycles. The van der Waals surface area contributed by atoms with Crippen LogP contribution in [0.25, 0.3) is 27.6 Å². The van der Waals surface area contributed by atoms with Gasteiger partial charge in [-0.15, -0.1) is 59.3 Å². The van der Waals surface area contributed by atoms with Gasteiger partial charge in [-0.2, -0.15) is 35.0 Å². The number of fused-ring (bicyclic) bond motifs is 3. The molecule has 0 N–H and O–H groups in total. The molecule has 0 fully saturated rings. The van der Waals surface area contributed by atoms with E-state index >= 15 is 0 Å². The third-order valence-corrected chi connectivity index (χ3v) is 4.79. The first kappa shape index (κ1) is 20.2. The Morgan fingerprint density at radius 1 is 0.571 bits per heavy atom. The number of hydrogen-bond donors (Lipinski definition) is 0. The van der Waals surface area contributed by atoms with Crippen LogP contribution >= 0.6 is 0 Å². The Bertz CT molecular complexity index is 1030. The molecule has 1 aliphatic rings. The van der Waals surface area contributed by atoms with E-state index in [2.05, 4.69) is 121 Å². The van der Waals surface area contributed by atoms with Crippen LogP contribution in [0.5, 0.6) is 0 Å². The van der Waals surface area contributed by atoms with Crippen LogP contribution in [0, 0.1) is 0 Å². The van der Waals surface area contributed by atoms with Crippen LogP contribution in [-0.2, 0) is 32.6 Å². The summed E-state index contributed by atoms with van der Waals surface area (Å²) in [5, 5.41) is 5.32. The van der Waals surface area contributed by atoms with E-state index in [1.165, 1.54) is 32.7 Å². The number of benzene rings is 3. The quantitative estimate of drug-likeness (QED) is 0.222. The zero-order valence-electron chi connectivity index (χ0n) is 15.8. The number of hydrogen-bond acceptors (Lipinski definition) is 0. The summed E-state index contributed by atoms with van der Waals surface area (Å²) in [6.45, 7) is 0. The molecule has 0 saturated heterocycles. The van der Waals surface area contributed by atoms with E-state index in [0.29, 0.717) is 0 Å².